The zero-order valence-electron chi connectivity index (χ0n) is 15.3. The van der Waals surface area contributed by atoms with Gasteiger partial charge in [0.25, 0.3) is 5.91 Å². The molecule has 0 radical (unpaired) electrons. The van der Waals surface area contributed by atoms with Crippen LogP contribution >= 0.6 is 0 Å². The largest absolute Gasteiger partial charge is 0.339 e. The van der Waals surface area contributed by atoms with Crippen LogP contribution in [0.25, 0.3) is 0 Å². The van der Waals surface area contributed by atoms with Crippen LogP contribution in [0.4, 0.5) is 5.69 Å². The lowest BCUT2D eigenvalue weighted by atomic mass is 9.85. The molecule has 4 aliphatic rings. The van der Waals surface area contributed by atoms with Gasteiger partial charge in [-0.2, -0.15) is 0 Å². The Hall–Kier alpha value is -2.43. The lowest BCUT2D eigenvalue weighted by Gasteiger charge is -2.22. The van der Waals surface area contributed by atoms with Crippen molar-refractivity contribution in [1.29, 1.82) is 0 Å². The number of hydrogen-bond acceptors (Lipinski definition) is 3. The number of likely N-dealkylation sites (tertiary alicyclic amines) is 1. The van der Waals surface area contributed by atoms with Crippen LogP contribution in [0.5, 0.6) is 0 Å². The van der Waals surface area contributed by atoms with E-state index in [4.69, 9.17) is 0 Å². The normalized spacial score (nSPS) is 32.1. The van der Waals surface area contributed by atoms with E-state index in [1.54, 1.807) is 24.3 Å². The third-order valence-corrected chi connectivity index (χ3v) is 6.71. The van der Waals surface area contributed by atoms with Crippen molar-refractivity contribution in [2.75, 3.05) is 18.0 Å². The third-order valence-electron chi connectivity index (χ3n) is 6.71. The van der Waals surface area contributed by atoms with Crippen LogP contribution in [0.1, 0.15) is 42.5 Å². The van der Waals surface area contributed by atoms with E-state index in [1.807, 2.05) is 4.90 Å². The number of nitrogens with zero attached hydrogens (tertiary/aromatic N) is 2. The molecule has 0 unspecified atom stereocenters. The van der Waals surface area contributed by atoms with Crippen molar-refractivity contribution in [2.24, 2.45) is 23.7 Å². The second-order valence-corrected chi connectivity index (χ2v) is 8.27. The molecule has 2 aliphatic heterocycles. The van der Waals surface area contributed by atoms with Gasteiger partial charge < -0.3 is 4.90 Å². The summed E-state index contributed by atoms with van der Waals surface area (Å²) in [6.07, 6.45) is 9.52. The predicted molar refractivity (Wildman–Crippen MR) is 101 cm³/mol. The summed E-state index contributed by atoms with van der Waals surface area (Å²) in [5, 5.41) is 0. The summed E-state index contributed by atoms with van der Waals surface area (Å²) in [5.74, 6) is -0.219. The first-order chi connectivity index (χ1) is 13.1. The summed E-state index contributed by atoms with van der Waals surface area (Å²) in [5.41, 5.74) is 1.10. The van der Waals surface area contributed by atoms with Gasteiger partial charge >= 0.3 is 0 Å². The van der Waals surface area contributed by atoms with Crippen molar-refractivity contribution in [1.82, 2.24) is 4.90 Å². The maximum Gasteiger partial charge on any atom is 0.253 e. The smallest absolute Gasteiger partial charge is 0.253 e. The summed E-state index contributed by atoms with van der Waals surface area (Å²) in [4.78, 5) is 42.1. The van der Waals surface area contributed by atoms with E-state index < -0.39 is 0 Å². The summed E-state index contributed by atoms with van der Waals surface area (Å²) < 4.78 is 0. The topological polar surface area (TPSA) is 57.7 Å². The molecule has 27 heavy (non-hydrogen) atoms. The molecule has 3 amide bonds. The number of carbonyl (C=O) groups is 3. The molecule has 2 bridgehead atoms. The number of allylic oxidation sites excluding steroid dienone is 2. The number of benzene rings is 1. The zero-order valence-corrected chi connectivity index (χ0v) is 15.3. The maximum atomic E-state index is 13.0. The van der Waals surface area contributed by atoms with Crippen LogP contribution in [-0.4, -0.2) is 35.7 Å². The number of hydrogen-bond donors (Lipinski definition) is 0. The molecule has 5 heteroatoms. The van der Waals surface area contributed by atoms with Crippen molar-refractivity contribution < 1.29 is 14.4 Å². The Labute approximate surface area is 159 Å². The summed E-state index contributed by atoms with van der Waals surface area (Å²) in [6, 6.07) is 7.06. The molecule has 2 aliphatic carbocycles. The molecule has 5 rings (SSSR count). The van der Waals surface area contributed by atoms with E-state index in [9.17, 15) is 14.4 Å². The van der Waals surface area contributed by atoms with Crippen molar-refractivity contribution in [3.8, 4) is 0 Å². The number of carbonyl (C=O) groups excluding carboxylic acids is 3. The Kier molecular flexibility index (Phi) is 3.92. The average molecular weight is 364 g/mol. The highest BCUT2D eigenvalue weighted by Crippen LogP contribution is 2.53. The highest BCUT2D eigenvalue weighted by atomic mass is 16.2. The average Bonchev–Trinajstić information content (AvgIpc) is 3.28. The Morgan fingerprint density at radius 1 is 0.889 bits per heavy atom. The van der Waals surface area contributed by atoms with Crippen LogP contribution in [0.3, 0.4) is 0 Å². The standard InChI is InChI=1S/C22H24N2O3/c25-20(23-10-3-1-2-4-11-23)16-6-5-7-17(13-16)24-21(26)18-14-8-9-15(12-14)19(18)22(24)27/h5-9,13-15,18-19H,1-4,10-12H2/t14-,15-,18-,19+/m0/s1. The lowest BCUT2D eigenvalue weighted by molar-refractivity contribution is -0.123. The summed E-state index contributed by atoms with van der Waals surface area (Å²) in [6.45, 7) is 1.56. The fraction of sp³-hybridized carbons (Fsp3) is 0.500. The highest BCUT2D eigenvalue weighted by Gasteiger charge is 2.59. The highest BCUT2D eigenvalue weighted by molar-refractivity contribution is 6.23. The van der Waals surface area contributed by atoms with Gasteiger partial charge in [0.1, 0.15) is 0 Å². The SMILES string of the molecule is O=C(c1cccc(N2C(=O)[C@@H]3[C@H](C2=O)[C@H]2C=C[C@H]3C2)c1)N1CCCCCC1. The van der Waals surface area contributed by atoms with Crippen LogP contribution < -0.4 is 4.90 Å². The number of imide groups is 1. The molecule has 1 saturated carbocycles. The Balaban J connectivity index is 1.42. The molecule has 0 spiro atoms. The van der Waals surface area contributed by atoms with Gasteiger partial charge in [0.05, 0.1) is 17.5 Å². The Morgan fingerprint density at radius 2 is 1.52 bits per heavy atom. The molecule has 4 atom stereocenters. The lowest BCUT2D eigenvalue weighted by Crippen LogP contribution is -2.34. The Morgan fingerprint density at radius 3 is 2.15 bits per heavy atom. The first kappa shape index (κ1) is 16.7. The van der Waals surface area contributed by atoms with E-state index in [0.717, 1.165) is 32.4 Å². The fourth-order valence-corrected chi connectivity index (χ4v) is 5.39. The van der Waals surface area contributed by atoms with Crippen LogP contribution in [0, 0.1) is 23.7 Å². The minimum atomic E-state index is -0.211. The first-order valence-electron chi connectivity index (χ1n) is 10.1. The van der Waals surface area contributed by atoms with Gasteiger partial charge in [-0.15, -0.1) is 0 Å². The maximum absolute atomic E-state index is 13.0. The molecule has 1 aromatic carbocycles. The molecular formula is C22H24N2O3. The molecule has 1 aromatic rings. The van der Waals surface area contributed by atoms with E-state index >= 15 is 0 Å². The molecule has 0 N–H and O–H groups in total. The fourth-order valence-electron chi connectivity index (χ4n) is 5.39. The number of amides is 3. The summed E-state index contributed by atoms with van der Waals surface area (Å²) in [7, 11) is 0. The van der Waals surface area contributed by atoms with Crippen molar-refractivity contribution in [3.63, 3.8) is 0 Å². The van der Waals surface area contributed by atoms with Crippen molar-refractivity contribution >= 4 is 23.4 Å². The molecule has 5 nitrogen and oxygen atoms in total. The number of rotatable bonds is 2. The van der Waals surface area contributed by atoms with Gasteiger partial charge in [-0.25, -0.2) is 4.90 Å². The van der Waals surface area contributed by atoms with E-state index in [0.29, 0.717) is 11.3 Å². The van der Waals surface area contributed by atoms with Gasteiger partial charge in [0, 0.05) is 18.7 Å². The molecule has 2 saturated heterocycles. The van der Waals surface area contributed by atoms with Gasteiger partial charge in [0.15, 0.2) is 0 Å². The van der Waals surface area contributed by atoms with Gasteiger partial charge in [-0.3, -0.25) is 14.4 Å². The molecule has 140 valence electrons. The van der Waals surface area contributed by atoms with Gasteiger partial charge in [-0.1, -0.05) is 31.1 Å². The van der Waals surface area contributed by atoms with E-state index in [1.165, 1.54) is 17.7 Å². The first-order valence-corrected chi connectivity index (χ1v) is 10.1. The quantitative estimate of drug-likeness (QED) is 0.599. The van der Waals surface area contributed by atoms with Gasteiger partial charge in [0.2, 0.25) is 11.8 Å². The number of fused-ring (bicyclic) bond motifs is 5. The summed E-state index contributed by atoms with van der Waals surface area (Å²) >= 11 is 0. The van der Waals surface area contributed by atoms with Crippen molar-refractivity contribution in [2.45, 2.75) is 32.1 Å². The van der Waals surface area contributed by atoms with Crippen LogP contribution in [0.2, 0.25) is 0 Å². The monoisotopic (exact) mass is 364 g/mol. The number of anilines is 1. The van der Waals surface area contributed by atoms with Crippen LogP contribution in [-0.2, 0) is 9.59 Å². The molecular weight excluding hydrogens is 340 g/mol. The van der Waals surface area contributed by atoms with Crippen molar-refractivity contribution in [3.05, 3.63) is 42.0 Å². The van der Waals surface area contributed by atoms with E-state index in [2.05, 4.69) is 12.2 Å². The second-order valence-electron chi connectivity index (χ2n) is 8.27. The minimum Gasteiger partial charge on any atom is -0.339 e. The molecule has 0 aromatic heterocycles. The third kappa shape index (κ3) is 2.55. The molecule has 3 fully saturated rings. The van der Waals surface area contributed by atoms with E-state index in [-0.39, 0.29) is 41.4 Å². The Bertz CT molecular complexity index is 808. The minimum absolute atomic E-state index is 0.000208. The molecule has 2 heterocycles. The van der Waals surface area contributed by atoms with Gasteiger partial charge in [-0.05, 0) is 49.3 Å². The van der Waals surface area contributed by atoms with Crippen LogP contribution in [0.15, 0.2) is 36.4 Å². The second kappa shape index (κ2) is 6.32. The zero-order chi connectivity index (χ0) is 18.5. The predicted octanol–water partition coefficient (Wildman–Crippen LogP) is 3.01.